The number of rotatable bonds is 7. The van der Waals surface area contributed by atoms with Crippen LogP contribution in [0.15, 0.2) is 29.3 Å². The summed E-state index contributed by atoms with van der Waals surface area (Å²) in [6, 6.07) is 8.77. The molecule has 7 nitrogen and oxygen atoms in total. The largest absolute Gasteiger partial charge is 0.383 e. The van der Waals surface area contributed by atoms with Crippen LogP contribution in [0.1, 0.15) is 31.9 Å². The van der Waals surface area contributed by atoms with Crippen molar-refractivity contribution in [3.8, 4) is 0 Å². The van der Waals surface area contributed by atoms with Gasteiger partial charge in [-0.2, -0.15) is 0 Å². The number of nitrogens with zero attached hydrogens (tertiary/aromatic N) is 3. The first-order valence-electron chi connectivity index (χ1n) is 10.4. The number of hydrogen-bond acceptors (Lipinski definition) is 4. The molecule has 2 rings (SSSR count). The molecule has 0 saturated carbocycles. The molecule has 1 saturated heterocycles. The summed E-state index contributed by atoms with van der Waals surface area (Å²) in [5.41, 5.74) is 2.75. The number of nitrogens with one attached hydrogen (secondary N) is 2. The lowest BCUT2D eigenvalue weighted by molar-refractivity contribution is -0.122. The third-order valence-electron chi connectivity index (χ3n) is 5.15. The number of halogens is 1. The molecule has 0 aromatic heterocycles. The van der Waals surface area contributed by atoms with Crippen molar-refractivity contribution in [3.05, 3.63) is 35.4 Å². The maximum atomic E-state index is 11.9. The number of piperazine rings is 1. The number of ether oxygens (including phenoxy) is 1. The predicted molar refractivity (Wildman–Crippen MR) is 134 cm³/mol. The molecule has 30 heavy (non-hydrogen) atoms. The average Bonchev–Trinajstić information content (AvgIpc) is 2.69. The Kier molecular flexibility index (Phi) is 11.6. The third kappa shape index (κ3) is 8.77. The molecule has 2 N–H and O–H groups in total. The lowest BCUT2D eigenvalue weighted by Gasteiger charge is -2.36. The number of guanidine groups is 1. The summed E-state index contributed by atoms with van der Waals surface area (Å²) in [7, 11) is 3.45. The Bertz CT molecular complexity index is 665. The lowest BCUT2D eigenvalue weighted by Crippen LogP contribution is -2.54. The molecule has 0 bridgehead atoms. The zero-order valence-electron chi connectivity index (χ0n) is 19.0. The molecule has 1 aliphatic heterocycles. The van der Waals surface area contributed by atoms with Crippen molar-refractivity contribution >= 4 is 35.8 Å². The standard InChI is InChI=1S/C22H37N5O2.HI/c1-22(2,3)19-8-6-18(7-9-19)16-25-21(23-4)27-13-11-26(12-14-27)17-20(28)24-10-15-29-5;/h6-9H,10-17H2,1-5H3,(H,23,25)(H,24,28);1H. The molecule has 8 heteroatoms. The molecule has 170 valence electrons. The summed E-state index contributed by atoms with van der Waals surface area (Å²) in [4.78, 5) is 20.8. The third-order valence-corrected chi connectivity index (χ3v) is 5.15. The van der Waals surface area contributed by atoms with Crippen molar-refractivity contribution in [2.45, 2.75) is 32.7 Å². The summed E-state index contributed by atoms with van der Waals surface area (Å²) < 4.78 is 4.96. The van der Waals surface area contributed by atoms with Crippen molar-refractivity contribution in [3.63, 3.8) is 0 Å². The Balaban J connectivity index is 0.00000450. The van der Waals surface area contributed by atoms with Crippen LogP contribution in [0.4, 0.5) is 0 Å². The molecule has 0 spiro atoms. The van der Waals surface area contributed by atoms with E-state index in [-0.39, 0.29) is 35.3 Å². The van der Waals surface area contributed by atoms with Crippen LogP contribution in [0.2, 0.25) is 0 Å². The van der Waals surface area contributed by atoms with E-state index in [1.165, 1.54) is 11.1 Å². The highest BCUT2D eigenvalue weighted by Gasteiger charge is 2.21. The number of amides is 1. The Morgan fingerprint density at radius 2 is 1.73 bits per heavy atom. The van der Waals surface area contributed by atoms with Crippen LogP contribution in [0, 0.1) is 0 Å². The second-order valence-electron chi connectivity index (χ2n) is 8.45. The van der Waals surface area contributed by atoms with E-state index in [4.69, 9.17) is 4.74 Å². The van der Waals surface area contributed by atoms with Crippen LogP contribution < -0.4 is 10.6 Å². The molecular formula is C22H38IN5O2. The Labute approximate surface area is 198 Å². The van der Waals surface area contributed by atoms with Gasteiger partial charge < -0.3 is 20.3 Å². The molecule has 1 aromatic carbocycles. The van der Waals surface area contributed by atoms with Gasteiger partial charge in [-0.1, -0.05) is 45.0 Å². The van der Waals surface area contributed by atoms with Gasteiger partial charge in [0.05, 0.1) is 13.2 Å². The summed E-state index contributed by atoms with van der Waals surface area (Å²) in [6.07, 6.45) is 0. The van der Waals surface area contributed by atoms with Crippen molar-refractivity contribution in [1.29, 1.82) is 0 Å². The van der Waals surface area contributed by atoms with E-state index >= 15 is 0 Å². The summed E-state index contributed by atoms with van der Waals surface area (Å²) in [5, 5.41) is 6.34. The Morgan fingerprint density at radius 1 is 1.10 bits per heavy atom. The first-order valence-corrected chi connectivity index (χ1v) is 10.4. The quantitative estimate of drug-likeness (QED) is 0.244. The minimum Gasteiger partial charge on any atom is -0.383 e. The zero-order valence-corrected chi connectivity index (χ0v) is 21.4. The van der Waals surface area contributed by atoms with Gasteiger partial charge in [-0.15, -0.1) is 24.0 Å². The molecule has 1 heterocycles. The van der Waals surface area contributed by atoms with Crippen LogP contribution in [0.25, 0.3) is 0 Å². The maximum Gasteiger partial charge on any atom is 0.234 e. The fourth-order valence-corrected chi connectivity index (χ4v) is 3.31. The highest BCUT2D eigenvalue weighted by molar-refractivity contribution is 14.0. The van der Waals surface area contributed by atoms with Gasteiger partial charge in [-0.3, -0.25) is 14.7 Å². The van der Waals surface area contributed by atoms with Gasteiger partial charge in [-0.25, -0.2) is 0 Å². The minimum atomic E-state index is 0. The minimum absolute atomic E-state index is 0. The van der Waals surface area contributed by atoms with E-state index in [1.54, 1.807) is 7.11 Å². The van der Waals surface area contributed by atoms with Gasteiger partial charge >= 0.3 is 0 Å². The van der Waals surface area contributed by atoms with E-state index in [0.29, 0.717) is 19.7 Å². The van der Waals surface area contributed by atoms with Crippen LogP contribution >= 0.6 is 24.0 Å². The van der Waals surface area contributed by atoms with Crippen molar-refractivity contribution in [1.82, 2.24) is 20.4 Å². The molecule has 0 unspecified atom stereocenters. The molecule has 1 amide bonds. The first kappa shape index (κ1) is 26.6. The molecule has 0 aliphatic carbocycles. The first-order chi connectivity index (χ1) is 13.8. The van der Waals surface area contributed by atoms with E-state index in [0.717, 1.165) is 38.7 Å². The topological polar surface area (TPSA) is 69.2 Å². The van der Waals surface area contributed by atoms with Gasteiger partial charge in [0.1, 0.15) is 0 Å². The predicted octanol–water partition coefficient (Wildman–Crippen LogP) is 2.06. The van der Waals surface area contributed by atoms with Gasteiger partial charge in [0, 0.05) is 53.4 Å². The van der Waals surface area contributed by atoms with Gasteiger partial charge in [0.15, 0.2) is 5.96 Å². The molecule has 1 aliphatic rings. The average molecular weight is 531 g/mol. The molecule has 0 atom stereocenters. The maximum absolute atomic E-state index is 11.9. The number of benzene rings is 1. The van der Waals surface area contributed by atoms with Gasteiger partial charge in [0.2, 0.25) is 5.91 Å². The highest BCUT2D eigenvalue weighted by Crippen LogP contribution is 2.22. The monoisotopic (exact) mass is 531 g/mol. The summed E-state index contributed by atoms with van der Waals surface area (Å²) in [6.45, 7) is 12.4. The number of carbonyl (C=O) groups is 1. The Hall–Kier alpha value is -1.39. The van der Waals surface area contributed by atoms with E-state index < -0.39 is 0 Å². The van der Waals surface area contributed by atoms with Crippen molar-refractivity contribution < 1.29 is 9.53 Å². The Morgan fingerprint density at radius 3 is 2.27 bits per heavy atom. The molecule has 0 radical (unpaired) electrons. The van der Waals surface area contributed by atoms with Crippen molar-refractivity contribution in [2.24, 2.45) is 4.99 Å². The highest BCUT2D eigenvalue weighted by atomic mass is 127. The van der Waals surface area contributed by atoms with E-state index in [2.05, 4.69) is 70.5 Å². The van der Waals surface area contributed by atoms with Gasteiger partial charge in [0.25, 0.3) is 0 Å². The second kappa shape index (κ2) is 13.1. The smallest absolute Gasteiger partial charge is 0.234 e. The fourth-order valence-electron chi connectivity index (χ4n) is 3.31. The van der Waals surface area contributed by atoms with Crippen LogP contribution in [0.5, 0.6) is 0 Å². The molecular weight excluding hydrogens is 493 g/mol. The molecule has 1 fully saturated rings. The molecule has 1 aromatic rings. The normalized spacial score (nSPS) is 15.5. The van der Waals surface area contributed by atoms with Crippen molar-refractivity contribution in [2.75, 3.05) is 60.0 Å². The number of aliphatic imine (C=N–C) groups is 1. The van der Waals surface area contributed by atoms with Crippen LogP contribution in [-0.4, -0.2) is 81.7 Å². The van der Waals surface area contributed by atoms with Gasteiger partial charge in [-0.05, 0) is 16.5 Å². The zero-order chi connectivity index (χ0) is 21.3. The second-order valence-corrected chi connectivity index (χ2v) is 8.45. The SMILES string of the molecule is CN=C(NCc1ccc(C(C)(C)C)cc1)N1CCN(CC(=O)NCCOC)CC1.I. The number of hydrogen-bond donors (Lipinski definition) is 2. The summed E-state index contributed by atoms with van der Waals surface area (Å²) >= 11 is 0. The number of carbonyl (C=O) groups excluding carboxylic acids is 1. The fraction of sp³-hybridized carbons (Fsp3) is 0.636. The van der Waals surface area contributed by atoms with Crippen LogP contribution in [0.3, 0.4) is 0 Å². The lowest BCUT2D eigenvalue weighted by atomic mass is 9.87. The summed E-state index contributed by atoms with van der Waals surface area (Å²) in [5.74, 6) is 0.964. The van der Waals surface area contributed by atoms with E-state index in [1.807, 2.05) is 7.05 Å². The number of methoxy groups -OCH3 is 1. The van der Waals surface area contributed by atoms with Crippen LogP contribution in [-0.2, 0) is 21.5 Å². The van der Waals surface area contributed by atoms with E-state index in [9.17, 15) is 4.79 Å².